The summed E-state index contributed by atoms with van der Waals surface area (Å²) in [5, 5.41) is 14.1. The average molecular weight is 215 g/mol. The number of hydrogen-bond acceptors (Lipinski definition) is 3. The van der Waals surface area contributed by atoms with Gasteiger partial charge in [0.25, 0.3) is 0 Å². The van der Waals surface area contributed by atoms with Crippen molar-refractivity contribution in [3.63, 3.8) is 0 Å². The van der Waals surface area contributed by atoms with Crippen LogP contribution in [0.1, 0.15) is 39.0 Å². The Balaban J connectivity index is 1.83. The van der Waals surface area contributed by atoms with E-state index in [1.54, 1.807) is 0 Å². The second-order valence-corrected chi connectivity index (χ2v) is 6.08. The Hall–Kier alpha value is 0.270. The van der Waals surface area contributed by atoms with E-state index in [0.717, 1.165) is 18.1 Å². The van der Waals surface area contributed by atoms with Gasteiger partial charge >= 0.3 is 0 Å². The van der Waals surface area contributed by atoms with Gasteiger partial charge in [-0.3, -0.25) is 0 Å². The van der Waals surface area contributed by atoms with Crippen molar-refractivity contribution in [2.75, 3.05) is 5.75 Å². The molecule has 1 saturated carbocycles. The van der Waals surface area contributed by atoms with E-state index in [4.69, 9.17) is 0 Å². The SMILES string of the molecule is CC1SCCCC1NC1CCCC1O. The summed E-state index contributed by atoms with van der Waals surface area (Å²) in [5.74, 6) is 1.31. The van der Waals surface area contributed by atoms with E-state index in [1.807, 2.05) is 0 Å². The van der Waals surface area contributed by atoms with Crippen LogP contribution < -0.4 is 5.32 Å². The second kappa shape index (κ2) is 4.86. The van der Waals surface area contributed by atoms with Crippen LogP contribution in [0, 0.1) is 0 Å². The monoisotopic (exact) mass is 215 g/mol. The topological polar surface area (TPSA) is 32.3 Å². The third kappa shape index (κ3) is 2.44. The molecule has 4 atom stereocenters. The molecule has 1 aliphatic heterocycles. The molecule has 0 aromatic rings. The lowest BCUT2D eigenvalue weighted by Gasteiger charge is -2.32. The highest BCUT2D eigenvalue weighted by molar-refractivity contribution is 7.99. The first kappa shape index (κ1) is 10.8. The molecule has 2 N–H and O–H groups in total. The predicted molar refractivity (Wildman–Crippen MR) is 61.7 cm³/mol. The van der Waals surface area contributed by atoms with Gasteiger partial charge in [0, 0.05) is 17.3 Å². The van der Waals surface area contributed by atoms with Gasteiger partial charge in [-0.1, -0.05) is 6.92 Å². The Kier molecular flexibility index (Phi) is 3.74. The van der Waals surface area contributed by atoms with Crippen molar-refractivity contribution < 1.29 is 5.11 Å². The summed E-state index contributed by atoms with van der Waals surface area (Å²) < 4.78 is 0. The minimum absolute atomic E-state index is 0.0888. The molecule has 14 heavy (non-hydrogen) atoms. The molecular weight excluding hydrogens is 194 g/mol. The van der Waals surface area contributed by atoms with E-state index >= 15 is 0 Å². The van der Waals surface area contributed by atoms with Crippen LogP contribution in [0.4, 0.5) is 0 Å². The van der Waals surface area contributed by atoms with E-state index in [1.165, 1.54) is 25.0 Å². The molecule has 1 saturated heterocycles. The zero-order valence-corrected chi connectivity index (χ0v) is 9.72. The predicted octanol–water partition coefficient (Wildman–Crippen LogP) is 1.77. The fraction of sp³-hybridized carbons (Fsp3) is 1.00. The maximum absolute atomic E-state index is 9.74. The molecule has 0 bridgehead atoms. The van der Waals surface area contributed by atoms with Crippen molar-refractivity contribution >= 4 is 11.8 Å². The molecule has 82 valence electrons. The summed E-state index contributed by atoms with van der Waals surface area (Å²) >= 11 is 2.07. The Morgan fingerprint density at radius 2 is 1.93 bits per heavy atom. The Labute approximate surface area is 90.8 Å². The molecule has 2 fully saturated rings. The minimum Gasteiger partial charge on any atom is -0.392 e. The third-order valence-electron chi connectivity index (χ3n) is 3.51. The summed E-state index contributed by atoms with van der Waals surface area (Å²) in [5.41, 5.74) is 0. The molecule has 0 radical (unpaired) electrons. The molecule has 3 heteroatoms. The van der Waals surface area contributed by atoms with E-state index in [-0.39, 0.29) is 6.10 Å². The number of aliphatic hydroxyl groups excluding tert-OH is 1. The van der Waals surface area contributed by atoms with E-state index in [9.17, 15) is 5.11 Å². The van der Waals surface area contributed by atoms with Crippen LogP contribution in [0.2, 0.25) is 0 Å². The number of hydrogen-bond donors (Lipinski definition) is 2. The van der Waals surface area contributed by atoms with Crippen LogP contribution in [0.5, 0.6) is 0 Å². The van der Waals surface area contributed by atoms with Crippen LogP contribution in [0.3, 0.4) is 0 Å². The van der Waals surface area contributed by atoms with E-state index in [0.29, 0.717) is 12.1 Å². The van der Waals surface area contributed by atoms with Gasteiger partial charge in [-0.2, -0.15) is 11.8 Å². The average Bonchev–Trinajstić information content (AvgIpc) is 2.56. The normalized spacial score (nSPS) is 44.1. The maximum atomic E-state index is 9.74. The summed E-state index contributed by atoms with van der Waals surface area (Å²) in [6, 6.07) is 1.01. The highest BCUT2D eigenvalue weighted by atomic mass is 32.2. The summed E-state index contributed by atoms with van der Waals surface area (Å²) in [6.07, 6.45) is 5.87. The van der Waals surface area contributed by atoms with Crippen LogP contribution in [-0.4, -0.2) is 34.3 Å². The Bertz CT molecular complexity index is 188. The van der Waals surface area contributed by atoms with Crippen LogP contribution in [0.15, 0.2) is 0 Å². The second-order valence-electron chi connectivity index (χ2n) is 4.60. The molecule has 1 aliphatic carbocycles. The van der Waals surface area contributed by atoms with Crippen molar-refractivity contribution in [1.82, 2.24) is 5.32 Å². The number of aliphatic hydroxyl groups is 1. The third-order valence-corrected chi connectivity index (χ3v) is 4.89. The quantitative estimate of drug-likeness (QED) is 0.736. The van der Waals surface area contributed by atoms with Crippen molar-refractivity contribution in [2.24, 2.45) is 0 Å². The van der Waals surface area contributed by atoms with Crippen LogP contribution in [0.25, 0.3) is 0 Å². The van der Waals surface area contributed by atoms with Gasteiger partial charge in [0.15, 0.2) is 0 Å². The summed E-state index contributed by atoms with van der Waals surface area (Å²) in [7, 11) is 0. The zero-order valence-electron chi connectivity index (χ0n) is 8.91. The lowest BCUT2D eigenvalue weighted by atomic mass is 10.1. The molecular formula is C11H21NOS. The maximum Gasteiger partial charge on any atom is 0.0693 e. The number of thioether (sulfide) groups is 1. The van der Waals surface area contributed by atoms with Crippen molar-refractivity contribution in [3.05, 3.63) is 0 Å². The van der Waals surface area contributed by atoms with Crippen molar-refractivity contribution in [2.45, 2.75) is 62.5 Å². The molecule has 2 nitrogen and oxygen atoms in total. The highest BCUT2D eigenvalue weighted by Gasteiger charge is 2.30. The molecule has 0 amide bonds. The van der Waals surface area contributed by atoms with Crippen molar-refractivity contribution in [1.29, 1.82) is 0 Å². The molecule has 4 unspecified atom stereocenters. The van der Waals surface area contributed by atoms with Gasteiger partial charge in [0.1, 0.15) is 0 Å². The first-order chi connectivity index (χ1) is 6.77. The first-order valence-corrected chi connectivity index (χ1v) is 6.88. The van der Waals surface area contributed by atoms with Gasteiger partial charge < -0.3 is 10.4 Å². The smallest absolute Gasteiger partial charge is 0.0693 e. The van der Waals surface area contributed by atoms with Crippen LogP contribution in [-0.2, 0) is 0 Å². The standard InChI is InChI=1S/C11H21NOS/c1-8-9(5-3-7-14-8)12-10-4-2-6-11(10)13/h8-13H,2-7H2,1H3. The summed E-state index contributed by atoms with van der Waals surface area (Å²) in [4.78, 5) is 0. The zero-order chi connectivity index (χ0) is 9.97. The van der Waals surface area contributed by atoms with Gasteiger partial charge in [0.05, 0.1) is 6.10 Å². The lowest BCUT2D eigenvalue weighted by molar-refractivity contribution is 0.141. The fourth-order valence-corrected chi connectivity index (χ4v) is 3.70. The minimum atomic E-state index is -0.0888. The largest absolute Gasteiger partial charge is 0.392 e. The molecule has 2 aliphatic rings. The molecule has 0 aromatic heterocycles. The number of rotatable bonds is 2. The molecule has 0 aromatic carbocycles. The molecule has 0 spiro atoms. The van der Waals surface area contributed by atoms with E-state index < -0.39 is 0 Å². The van der Waals surface area contributed by atoms with Gasteiger partial charge in [-0.15, -0.1) is 0 Å². The number of nitrogens with one attached hydrogen (secondary N) is 1. The van der Waals surface area contributed by atoms with Crippen LogP contribution >= 0.6 is 11.8 Å². The van der Waals surface area contributed by atoms with Gasteiger partial charge in [0.2, 0.25) is 0 Å². The van der Waals surface area contributed by atoms with Crippen molar-refractivity contribution in [3.8, 4) is 0 Å². The Morgan fingerprint density at radius 3 is 2.57 bits per heavy atom. The Morgan fingerprint density at radius 1 is 1.14 bits per heavy atom. The van der Waals surface area contributed by atoms with Gasteiger partial charge in [-0.05, 0) is 37.9 Å². The van der Waals surface area contributed by atoms with Gasteiger partial charge in [-0.25, -0.2) is 0 Å². The van der Waals surface area contributed by atoms with E-state index in [2.05, 4.69) is 24.0 Å². The molecule has 1 heterocycles. The summed E-state index contributed by atoms with van der Waals surface area (Å²) in [6.45, 7) is 2.31. The molecule has 2 rings (SSSR count). The fourth-order valence-electron chi connectivity index (χ4n) is 2.55. The lowest BCUT2D eigenvalue weighted by Crippen LogP contribution is -2.47. The highest BCUT2D eigenvalue weighted by Crippen LogP contribution is 2.27. The first-order valence-electron chi connectivity index (χ1n) is 5.83.